The quantitative estimate of drug-likeness (QED) is 0.505. The summed E-state index contributed by atoms with van der Waals surface area (Å²) in [6.45, 7) is 7.39. The van der Waals surface area contributed by atoms with Gasteiger partial charge in [-0.2, -0.15) is 0 Å². The fourth-order valence-corrected chi connectivity index (χ4v) is 7.03. The van der Waals surface area contributed by atoms with E-state index in [1.165, 1.54) is 9.36 Å². The molecule has 40 heavy (non-hydrogen) atoms. The summed E-state index contributed by atoms with van der Waals surface area (Å²) in [6, 6.07) is 13.2. The molecule has 0 saturated heterocycles. The van der Waals surface area contributed by atoms with Crippen molar-refractivity contribution in [3.8, 4) is 17.2 Å². The van der Waals surface area contributed by atoms with E-state index in [9.17, 15) is 24.3 Å². The van der Waals surface area contributed by atoms with E-state index in [-0.39, 0.29) is 36.0 Å². The Kier molecular flexibility index (Phi) is 5.87. The average Bonchev–Trinajstić information content (AvgIpc) is 3.21. The number of benzene rings is 2. The number of carbonyl (C=O) groups excluding carboxylic acids is 2. The first-order valence-corrected chi connectivity index (χ1v) is 13.5. The van der Waals surface area contributed by atoms with Crippen LogP contribution in [0.1, 0.15) is 51.6 Å². The van der Waals surface area contributed by atoms with Gasteiger partial charge in [0.15, 0.2) is 23.1 Å². The SMILES string of the molecule is CCOc1cccc([C@H]2C3=CCn4c(=O)n(-c5ccccc5)c(=O)n4[C@@H]3C[C@H]3C(=O)C(C)=C(C)C(=O)[C@@]23C)c1O. The number of ketones is 2. The number of aromatic hydroxyl groups is 1. The van der Waals surface area contributed by atoms with Gasteiger partial charge in [0.25, 0.3) is 0 Å². The number of para-hydroxylation sites is 2. The molecule has 206 valence electrons. The van der Waals surface area contributed by atoms with Crippen LogP contribution in [0, 0.1) is 11.3 Å². The minimum Gasteiger partial charge on any atom is -0.504 e. The van der Waals surface area contributed by atoms with Crippen molar-refractivity contribution in [2.45, 2.75) is 52.6 Å². The topological polar surface area (TPSA) is 113 Å². The van der Waals surface area contributed by atoms with Crippen LogP contribution >= 0.6 is 0 Å². The molecule has 2 heterocycles. The number of hydrogen-bond acceptors (Lipinski definition) is 6. The number of rotatable bonds is 4. The van der Waals surface area contributed by atoms with E-state index in [1.807, 2.05) is 13.0 Å². The third-order valence-electron chi connectivity index (χ3n) is 9.09. The van der Waals surface area contributed by atoms with Gasteiger partial charge in [-0.3, -0.25) is 9.59 Å². The van der Waals surface area contributed by atoms with E-state index in [0.717, 1.165) is 10.1 Å². The molecule has 1 aliphatic heterocycles. The van der Waals surface area contributed by atoms with E-state index in [0.29, 0.717) is 29.0 Å². The van der Waals surface area contributed by atoms with Gasteiger partial charge in [-0.05, 0) is 62.1 Å². The van der Waals surface area contributed by atoms with Gasteiger partial charge >= 0.3 is 11.4 Å². The Morgan fingerprint density at radius 2 is 1.70 bits per heavy atom. The number of fused-ring (bicyclic) bond motifs is 4. The van der Waals surface area contributed by atoms with Crippen LogP contribution in [0.2, 0.25) is 0 Å². The number of hydrogen-bond donors (Lipinski definition) is 1. The van der Waals surface area contributed by atoms with Crippen molar-refractivity contribution in [1.29, 1.82) is 0 Å². The molecule has 1 N–H and O–H groups in total. The smallest absolute Gasteiger partial charge is 0.352 e. The number of phenols is 1. The molecule has 2 aromatic carbocycles. The summed E-state index contributed by atoms with van der Waals surface area (Å²) in [5.41, 5.74) is 0.250. The molecule has 2 aliphatic carbocycles. The molecule has 3 aliphatic rings. The van der Waals surface area contributed by atoms with Crippen molar-refractivity contribution in [3.05, 3.63) is 97.9 Å². The molecule has 9 nitrogen and oxygen atoms in total. The Bertz CT molecular complexity index is 1760. The molecule has 0 spiro atoms. The third kappa shape index (κ3) is 3.33. The average molecular weight is 542 g/mol. The lowest BCUT2D eigenvalue weighted by atomic mass is 9.50. The van der Waals surface area contributed by atoms with Crippen molar-refractivity contribution in [1.82, 2.24) is 13.9 Å². The fourth-order valence-electron chi connectivity index (χ4n) is 7.03. The maximum absolute atomic E-state index is 14.1. The van der Waals surface area contributed by atoms with Gasteiger partial charge in [0.05, 0.1) is 30.3 Å². The van der Waals surface area contributed by atoms with Gasteiger partial charge < -0.3 is 9.84 Å². The minimum absolute atomic E-state index is 0.0998. The molecule has 1 aromatic heterocycles. The highest BCUT2D eigenvalue weighted by Crippen LogP contribution is 2.62. The van der Waals surface area contributed by atoms with Crippen molar-refractivity contribution in [2.24, 2.45) is 11.3 Å². The van der Waals surface area contributed by atoms with Gasteiger partial charge in [0.1, 0.15) is 0 Å². The lowest BCUT2D eigenvalue weighted by Crippen LogP contribution is -2.55. The van der Waals surface area contributed by atoms with Crippen LogP contribution in [0.3, 0.4) is 0 Å². The largest absolute Gasteiger partial charge is 0.504 e. The molecule has 4 atom stereocenters. The predicted octanol–water partition coefficient (Wildman–Crippen LogP) is 3.68. The zero-order valence-electron chi connectivity index (χ0n) is 22.9. The lowest BCUT2D eigenvalue weighted by molar-refractivity contribution is -0.140. The Morgan fingerprint density at radius 3 is 2.40 bits per heavy atom. The molecule has 0 radical (unpaired) electrons. The zero-order chi connectivity index (χ0) is 28.5. The summed E-state index contributed by atoms with van der Waals surface area (Å²) in [4.78, 5) is 55.3. The summed E-state index contributed by atoms with van der Waals surface area (Å²) in [5, 5.41) is 11.4. The Balaban J connectivity index is 1.62. The maximum atomic E-state index is 14.1. The third-order valence-corrected chi connectivity index (χ3v) is 9.09. The number of nitrogens with zero attached hydrogens (tertiary/aromatic N) is 3. The van der Waals surface area contributed by atoms with E-state index in [1.54, 1.807) is 69.3 Å². The summed E-state index contributed by atoms with van der Waals surface area (Å²) in [6.07, 6.45) is 2.05. The van der Waals surface area contributed by atoms with Crippen LogP contribution < -0.4 is 16.1 Å². The van der Waals surface area contributed by atoms with Gasteiger partial charge in [0.2, 0.25) is 0 Å². The van der Waals surface area contributed by atoms with Crippen LogP contribution in [-0.4, -0.2) is 37.2 Å². The summed E-state index contributed by atoms with van der Waals surface area (Å²) < 4.78 is 9.62. The lowest BCUT2D eigenvalue weighted by Gasteiger charge is -2.53. The monoisotopic (exact) mass is 541 g/mol. The molecule has 6 rings (SSSR count). The van der Waals surface area contributed by atoms with Gasteiger partial charge in [-0.15, -0.1) is 0 Å². The Labute approximate surface area is 230 Å². The maximum Gasteiger partial charge on any atom is 0.352 e. The standard InChI is InChI=1S/C31H31N3O6/c1-5-40-24-13-9-12-21(27(24)36)25-20-14-15-32-29(38)33(19-10-7-6-8-11-19)30(39)34(32)23(20)16-22-26(35)17(2)18(3)28(37)31(22,25)4/h6-14,22-23,25,36H,5,15-16H2,1-4H3/t22-,23+,25+,31+/m0/s1. The first-order valence-electron chi connectivity index (χ1n) is 13.5. The second-order valence-corrected chi connectivity index (χ2v) is 11.0. The fraction of sp³-hybridized carbons (Fsp3) is 0.355. The van der Waals surface area contributed by atoms with E-state index in [2.05, 4.69) is 0 Å². The molecule has 1 saturated carbocycles. The summed E-state index contributed by atoms with van der Waals surface area (Å²) >= 11 is 0. The van der Waals surface area contributed by atoms with Crippen molar-refractivity contribution in [3.63, 3.8) is 0 Å². The van der Waals surface area contributed by atoms with Crippen molar-refractivity contribution >= 4 is 11.6 Å². The molecular weight excluding hydrogens is 510 g/mol. The van der Waals surface area contributed by atoms with Crippen LogP contribution in [-0.2, 0) is 16.1 Å². The van der Waals surface area contributed by atoms with Crippen LogP contribution in [0.4, 0.5) is 0 Å². The van der Waals surface area contributed by atoms with Crippen LogP contribution in [0.5, 0.6) is 11.5 Å². The van der Waals surface area contributed by atoms with Gasteiger partial charge in [-0.25, -0.2) is 23.5 Å². The molecule has 3 aromatic rings. The summed E-state index contributed by atoms with van der Waals surface area (Å²) in [7, 11) is 0. The van der Waals surface area contributed by atoms with Gasteiger partial charge in [-0.1, -0.05) is 43.3 Å². The first kappa shape index (κ1) is 25.9. The number of phenolic OH excluding ortho intramolecular Hbond substituents is 1. The molecule has 9 heteroatoms. The number of ether oxygens (including phenoxy) is 1. The normalized spacial score (nSPS) is 25.7. The van der Waals surface area contributed by atoms with Crippen molar-refractivity contribution < 1.29 is 19.4 Å². The second-order valence-electron chi connectivity index (χ2n) is 11.0. The highest BCUT2D eigenvalue weighted by Gasteiger charge is 2.61. The minimum atomic E-state index is -1.21. The molecule has 0 bridgehead atoms. The van der Waals surface area contributed by atoms with E-state index < -0.39 is 34.7 Å². The van der Waals surface area contributed by atoms with Gasteiger partial charge in [0, 0.05) is 17.4 Å². The Morgan fingerprint density at radius 1 is 0.975 bits per heavy atom. The van der Waals surface area contributed by atoms with E-state index >= 15 is 0 Å². The second kappa shape index (κ2) is 9.08. The number of Topliss-reactive ketones (excluding diaryl/α,β-unsaturated/α-hetero) is 2. The highest BCUT2D eigenvalue weighted by atomic mass is 16.5. The first-order chi connectivity index (χ1) is 19.1. The van der Waals surface area contributed by atoms with Crippen LogP contribution in [0.25, 0.3) is 5.69 Å². The van der Waals surface area contributed by atoms with E-state index in [4.69, 9.17) is 4.74 Å². The number of aromatic nitrogens is 3. The predicted molar refractivity (Wildman–Crippen MR) is 148 cm³/mol. The van der Waals surface area contributed by atoms with Crippen LogP contribution in [0.15, 0.2) is 80.9 Å². The summed E-state index contributed by atoms with van der Waals surface area (Å²) in [5.74, 6) is -1.62. The highest BCUT2D eigenvalue weighted by molar-refractivity contribution is 6.15. The number of carbonyl (C=O) groups is 2. The molecule has 0 amide bonds. The van der Waals surface area contributed by atoms with Crippen molar-refractivity contribution in [2.75, 3.05) is 6.61 Å². The molecule has 1 fully saturated rings. The zero-order valence-corrected chi connectivity index (χ0v) is 22.9. The Hall–Kier alpha value is -4.40. The number of allylic oxidation sites excluding steroid dienone is 4. The molecular formula is C31H31N3O6. The molecule has 0 unspecified atom stereocenters.